The summed E-state index contributed by atoms with van der Waals surface area (Å²) in [5, 5.41) is 12.0. The highest BCUT2D eigenvalue weighted by Gasteiger charge is 2.37. The van der Waals surface area contributed by atoms with Crippen LogP contribution in [0.5, 0.6) is 5.75 Å². The smallest absolute Gasteiger partial charge is 0.236 e. The first-order chi connectivity index (χ1) is 12.4. The molecule has 0 radical (unpaired) electrons. The lowest BCUT2D eigenvalue weighted by atomic mass is 10.0. The summed E-state index contributed by atoms with van der Waals surface area (Å²) in [5.41, 5.74) is 4.25. The van der Waals surface area contributed by atoms with Gasteiger partial charge in [0.15, 0.2) is 0 Å². The van der Waals surface area contributed by atoms with Gasteiger partial charge in [0.05, 0.1) is 18.2 Å². The van der Waals surface area contributed by atoms with Crippen molar-refractivity contribution in [1.82, 2.24) is 20.2 Å². The summed E-state index contributed by atoms with van der Waals surface area (Å²) in [7, 11) is 1.57. The summed E-state index contributed by atoms with van der Waals surface area (Å²) in [6.45, 7) is 6.61. The van der Waals surface area contributed by atoms with E-state index in [0.29, 0.717) is 28.4 Å². The van der Waals surface area contributed by atoms with Gasteiger partial charge in [0, 0.05) is 6.54 Å². The van der Waals surface area contributed by atoms with Gasteiger partial charge in [0.25, 0.3) is 0 Å². The van der Waals surface area contributed by atoms with Crippen LogP contribution in [-0.2, 0) is 4.79 Å². The Morgan fingerprint density at radius 1 is 1.46 bits per heavy atom. The molecule has 0 spiro atoms. The molecule has 2 heterocycles. The van der Waals surface area contributed by atoms with Crippen LogP contribution in [-0.4, -0.2) is 39.7 Å². The number of aryl methyl sites for hydroxylation is 1. The van der Waals surface area contributed by atoms with Crippen molar-refractivity contribution in [3.05, 3.63) is 34.6 Å². The van der Waals surface area contributed by atoms with Crippen LogP contribution < -0.4 is 15.5 Å². The van der Waals surface area contributed by atoms with Crippen LogP contribution in [0.25, 0.3) is 0 Å². The average Bonchev–Trinajstić information content (AvgIpc) is 2.98. The number of halogens is 1. The lowest BCUT2D eigenvalue weighted by Gasteiger charge is -2.33. The minimum absolute atomic E-state index is 0.0416. The normalized spacial score (nSPS) is 19.0. The van der Waals surface area contributed by atoms with E-state index in [1.165, 1.54) is 11.8 Å². The Morgan fingerprint density at radius 3 is 2.88 bits per heavy atom. The Labute approximate surface area is 161 Å². The van der Waals surface area contributed by atoms with Crippen molar-refractivity contribution in [3.8, 4) is 5.75 Å². The number of hydrogen-bond donors (Lipinski definition) is 2. The molecule has 0 fully saturated rings. The van der Waals surface area contributed by atoms with Crippen molar-refractivity contribution < 1.29 is 9.53 Å². The summed E-state index contributed by atoms with van der Waals surface area (Å²) in [6, 6.07) is 5.27. The van der Waals surface area contributed by atoms with Gasteiger partial charge in [-0.05, 0) is 30.5 Å². The zero-order chi connectivity index (χ0) is 18.8. The summed E-state index contributed by atoms with van der Waals surface area (Å²) < 4.78 is 7.03. The molecule has 2 N–H and O–H groups in total. The van der Waals surface area contributed by atoms with E-state index in [0.717, 1.165) is 11.4 Å². The Hall–Kier alpha value is -1.93. The van der Waals surface area contributed by atoms with Gasteiger partial charge in [-0.2, -0.15) is 0 Å². The van der Waals surface area contributed by atoms with Crippen LogP contribution in [0, 0.1) is 12.8 Å². The summed E-state index contributed by atoms with van der Waals surface area (Å²) in [4.78, 5) is 12.8. The fourth-order valence-electron chi connectivity index (χ4n) is 2.69. The number of amides is 1. The van der Waals surface area contributed by atoms with E-state index in [1.54, 1.807) is 11.8 Å². The Balaban J connectivity index is 1.94. The molecular weight excluding hydrogens is 374 g/mol. The Kier molecular flexibility index (Phi) is 5.62. The maximum atomic E-state index is 12.8. The zero-order valence-corrected chi connectivity index (χ0v) is 16.7. The minimum atomic E-state index is -0.394. The van der Waals surface area contributed by atoms with Gasteiger partial charge in [-0.1, -0.05) is 43.3 Å². The topological polar surface area (TPSA) is 81.1 Å². The molecule has 9 heteroatoms. The molecule has 2 unspecified atom stereocenters. The van der Waals surface area contributed by atoms with Crippen molar-refractivity contribution in [2.75, 3.05) is 19.1 Å². The van der Waals surface area contributed by atoms with E-state index in [1.807, 2.05) is 25.1 Å². The van der Waals surface area contributed by atoms with Crippen LogP contribution in [0.4, 0.5) is 0 Å². The van der Waals surface area contributed by atoms with Gasteiger partial charge in [0.1, 0.15) is 16.8 Å². The molecular formula is C17H22ClN5O2S. The largest absolute Gasteiger partial charge is 0.495 e. The predicted molar refractivity (Wildman–Crippen MR) is 102 cm³/mol. The third kappa shape index (κ3) is 3.76. The molecule has 0 bridgehead atoms. The second kappa shape index (κ2) is 7.75. The molecule has 2 atom stereocenters. The molecule has 1 aromatic heterocycles. The van der Waals surface area contributed by atoms with Crippen LogP contribution in [0.2, 0.25) is 5.02 Å². The second-order valence-electron chi connectivity index (χ2n) is 6.54. The van der Waals surface area contributed by atoms with Crippen LogP contribution >= 0.6 is 23.4 Å². The average molecular weight is 396 g/mol. The highest BCUT2D eigenvalue weighted by molar-refractivity contribution is 8.00. The number of benzene rings is 1. The number of nitrogens with zero attached hydrogens (tertiary/aromatic N) is 3. The number of carbonyl (C=O) groups is 1. The first-order valence-corrected chi connectivity index (χ1v) is 9.62. The lowest BCUT2D eigenvalue weighted by Crippen LogP contribution is -2.45. The minimum Gasteiger partial charge on any atom is -0.495 e. The highest BCUT2D eigenvalue weighted by atomic mass is 35.5. The fraction of sp³-hybridized carbons (Fsp3) is 0.471. The summed E-state index contributed by atoms with van der Waals surface area (Å²) in [5.74, 6) is 1.67. The van der Waals surface area contributed by atoms with Gasteiger partial charge in [-0.3, -0.25) is 4.79 Å². The number of nitrogens with one attached hydrogen (secondary N) is 2. The second-order valence-corrected chi connectivity index (χ2v) is 8.06. The van der Waals surface area contributed by atoms with Crippen LogP contribution in [0.15, 0.2) is 23.4 Å². The Bertz CT molecular complexity index is 810. The number of thioether (sulfide) groups is 1. The number of methoxy groups -OCH3 is 1. The monoisotopic (exact) mass is 395 g/mol. The van der Waals surface area contributed by atoms with E-state index in [9.17, 15) is 4.79 Å². The third-order valence-electron chi connectivity index (χ3n) is 4.08. The van der Waals surface area contributed by atoms with E-state index >= 15 is 0 Å². The quantitative estimate of drug-likeness (QED) is 0.810. The molecule has 140 valence electrons. The zero-order valence-electron chi connectivity index (χ0n) is 15.1. The van der Waals surface area contributed by atoms with Crippen molar-refractivity contribution in [3.63, 3.8) is 0 Å². The van der Waals surface area contributed by atoms with Crippen molar-refractivity contribution in [2.45, 2.75) is 37.2 Å². The first-order valence-electron chi connectivity index (χ1n) is 8.37. The van der Waals surface area contributed by atoms with Crippen molar-refractivity contribution >= 4 is 29.3 Å². The highest BCUT2D eigenvalue weighted by Crippen LogP contribution is 2.38. The van der Waals surface area contributed by atoms with E-state index < -0.39 is 5.25 Å². The Morgan fingerprint density at radius 2 is 2.23 bits per heavy atom. The first kappa shape index (κ1) is 18.8. The van der Waals surface area contributed by atoms with E-state index in [2.05, 4.69) is 34.8 Å². The molecule has 2 aromatic rings. The molecule has 1 aromatic carbocycles. The van der Waals surface area contributed by atoms with Crippen molar-refractivity contribution in [2.24, 2.45) is 5.92 Å². The molecule has 0 saturated carbocycles. The molecule has 1 aliphatic rings. The van der Waals surface area contributed by atoms with Gasteiger partial charge >= 0.3 is 0 Å². The number of hydrogen-bond acceptors (Lipinski definition) is 6. The van der Waals surface area contributed by atoms with Crippen molar-refractivity contribution in [1.29, 1.82) is 0 Å². The summed E-state index contributed by atoms with van der Waals surface area (Å²) >= 11 is 7.69. The SMILES string of the molecule is COc1ccc(C2Nn3c(C)nnc3SC2C(=O)NCC(C)C)cc1Cl. The molecule has 3 rings (SSSR count). The third-order valence-corrected chi connectivity index (χ3v) is 5.59. The number of fused-ring (bicyclic) bond motifs is 1. The van der Waals surface area contributed by atoms with Crippen LogP contribution in [0.1, 0.15) is 31.3 Å². The van der Waals surface area contributed by atoms with E-state index in [-0.39, 0.29) is 11.9 Å². The van der Waals surface area contributed by atoms with Gasteiger partial charge in [-0.25, -0.2) is 4.68 Å². The number of rotatable bonds is 5. The van der Waals surface area contributed by atoms with Gasteiger partial charge in [0.2, 0.25) is 11.1 Å². The molecule has 1 aliphatic heterocycles. The van der Waals surface area contributed by atoms with E-state index in [4.69, 9.17) is 16.3 Å². The molecule has 1 amide bonds. The molecule has 0 saturated heterocycles. The maximum Gasteiger partial charge on any atom is 0.236 e. The molecule has 26 heavy (non-hydrogen) atoms. The lowest BCUT2D eigenvalue weighted by molar-refractivity contribution is -0.121. The number of carbonyl (C=O) groups excluding carboxylic acids is 1. The maximum absolute atomic E-state index is 12.8. The van der Waals surface area contributed by atoms with Gasteiger partial charge < -0.3 is 15.5 Å². The number of ether oxygens (including phenoxy) is 1. The van der Waals surface area contributed by atoms with Gasteiger partial charge in [-0.15, -0.1) is 10.2 Å². The van der Waals surface area contributed by atoms with Crippen LogP contribution in [0.3, 0.4) is 0 Å². The predicted octanol–water partition coefficient (Wildman–Crippen LogP) is 2.78. The standard InChI is InChI=1S/C17H22ClN5O2S/c1-9(2)8-19-16(24)15-14(11-5-6-13(25-4)12(18)7-11)22-23-10(3)20-21-17(23)26-15/h5-7,9,14-15,22H,8H2,1-4H3,(H,19,24). The molecule has 7 nitrogen and oxygen atoms in total. The summed E-state index contributed by atoms with van der Waals surface area (Å²) in [6.07, 6.45) is 0. The molecule has 0 aliphatic carbocycles. The number of aromatic nitrogens is 3. The fourth-order valence-corrected chi connectivity index (χ4v) is 4.11.